The predicted molar refractivity (Wildman–Crippen MR) is 45.0 cm³/mol. The number of hydrogen-bond donors (Lipinski definition) is 0. The third-order valence-corrected chi connectivity index (χ3v) is 1.24. The standard InChI is InChI=1S/C9H16O/c1-4-5-6-7-8-9(2)10-3/h5-9H,4H2,1-3H3. The van der Waals surface area contributed by atoms with Gasteiger partial charge in [0.15, 0.2) is 0 Å². The summed E-state index contributed by atoms with van der Waals surface area (Å²) in [5, 5.41) is 0. The lowest BCUT2D eigenvalue weighted by Gasteiger charge is -1.99. The third kappa shape index (κ3) is 5.57. The van der Waals surface area contributed by atoms with Gasteiger partial charge in [-0.1, -0.05) is 31.2 Å². The summed E-state index contributed by atoms with van der Waals surface area (Å²) in [4.78, 5) is 0. The Balaban J connectivity index is 3.44. The molecule has 0 aromatic rings. The van der Waals surface area contributed by atoms with Gasteiger partial charge in [0.25, 0.3) is 0 Å². The zero-order valence-electron chi connectivity index (χ0n) is 7.00. The van der Waals surface area contributed by atoms with E-state index in [4.69, 9.17) is 4.74 Å². The van der Waals surface area contributed by atoms with E-state index in [9.17, 15) is 0 Å². The van der Waals surface area contributed by atoms with E-state index < -0.39 is 0 Å². The van der Waals surface area contributed by atoms with E-state index in [0.29, 0.717) is 0 Å². The monoisotopic (exact) mass is 140 g/mol. The predicted octanol–water partition coefficient (Wildman–Crippen LogP) is 2.54. The quantitative estimate of drug-likeness (QED) is 0.545. The summed E-state index contributed by atoms with van der Waals surface area (Å²) in [6.07, 6.45) is 9.49. The first-order chi connectivity index (χ1) is 4.81. The molecule has 1 atom stereocenters. The first-order valence-electron chi connectivity index (χ1n) is 3.67. The topological polar surface area (TPSA) is 9.23 Å². The van der Waals surface area contributed by atoms with E-state index in [1.54, 1.807) is 7.11 Å². The lowest BCUT2D eigenvalue weighted by Crippen LogP contribution is -1.97. The van der Waals surface area contributed by atoms with E-state index in [-0.39, 0.29) is 6.10 Å². The molecule has 0 spiro atoms. The molecule has 58 valence electrons. The SMILES string of the molecule is CCC=CC=CC(C)OC. The van der Waals surface area contributed by atoms with Crippen LogP contribution in [0.1, 0.15) is 20.3 Å². The Hall–Kier alpha value is -0.560. The molecule has 0 aliphatic rings. The maximum atomic E-state index is 5.01. The Bertz CT molecular complexity index is 114. The highest BCUT2D eigenvalue weighted by Crippen LogP contribution is 1.90. The van der Waals surface area contributed by atoms with Crippen molar-refractivity contribution in [3.63, 3.8) is 0 Å². The minimum atomic E-state index is 0.224. The third-order valence-electron chi connectivity index (χ3n) is 1.24. The molecule has 0 heterocycles. The molecule has 0 aromatic carbocycles. The molecular formula is C9H16O. The molecule has 0 radical (unpaired) electrons. The average Bonchev–Trinajstić information content (AvgIpc) is 1.98. The minimum Gasteiger partial charge on any atom is -0.378 e. The molecule has 10 heavy (non-hydrogen) atoms. The molecule has 0 aliphatic carbocycles. The number of allylic oxidation sites excluding steroid dienone is 3. The van der Waals surface area contributed by atoms with Crippen molar-refractivity contribution in [1.82, 2.24) is 0 Å². The molecule has 0 bridgehead atoms. The van der Waals surface area contributed by atoms with E-state index >= 15 is 0 Å². The summed E-state index contributed by atoms with van der Waals surface area (Å²) in [5.74, 6) is 0. The molecular weight excluding hydrogens is 124 g/mol. The minimum absolute atomic E-state index is 0.224. The van der Waals surface area contributed by atoms with Crippen molar-refractivity contribution in [2.45, 2.75) is 26.4 Å². The van der Waals surface area contributed by atoms with Crippen LogP contribution in [0, 0.1) is 0 Å². The summed E-state index contributed by atoms with van der Waals surface area (Å²) >= 11 is 0. The summed E-state index contributed by atoms with van der Waals surface area (Å²) in [5.41, 5.74) is 0. The second-order valence-electron chi connectivity index (χ2n) is 2.16. The number of methoxy groups -OCH3 is 1. The first kappa shape index (κ1) is 9.44. The second-order valence-corrected chi connectivity index (χ2v) is 2.16. The molecule has 0 amide bonds. The van der Waals surface area contributed by atoms with Crippen LogP contribution in [0.25, 0.3) is 0 Å². The first-order valence-corrected chi connectivity index (χ1v) is 3.67. The van der Waals surface area contributed by atoms with Crippen LogP contribution in [0.15, 0.2) is 24.3 Å². The van der Waals surface area contributed by atoms with E-state index in [0.717, 1.165) is 6.42 Å². The maximum Gasteiger partial charge on any atom is 0.0726 e. The van der Waals surface area contributed by atoms with Gasteiger partial charge in [0.2, 0.25) is 0 Å². The van der Waals surface area contributed by atoms with Crippen LogP contribution in [0.5, 0.6) is 0 Å². The molecule has 0 N–H and O–H groups in total. The van der Waals surface area contributed by atoms with Gasteiger partial charge >= 0.3 is 0 Å². The number of ether oxygens (including phenoxy) is 1. The second kappa shape index (κ2) is 6.56. The van der Waals surface area contributed by atoms with Gasteiger partial charge in [0.1, 0.15) is 0 Å². The Morgan fingerprint density at radius 1 is 1.40 bits per heavy atom. The van der Waals surface area contributed by atoms with Crippen LogP contribution in [-0.2, 0) is 4.74 Å². The normalized spacial score (nSPS) is 15.1. The van der Waals surface area contributed by atoms with Crippen LogP contribution < -0.4 is 0 Å². The average molecular weight is 140 g/mol. The zero-order chi connectivity index (χ0) is 7.82. The Morgan fingerprint density at radius 3 is 2.60 bits per heavy atom. The molecule has 0 saturated heterocycles. The number of hydrogen-bond acceptors (Lipinski definition) is 1. The Labute approximate surface area is 63.4 Å². The van der Waals surface area contributed by atoms with Crippen molar-refractivity contribution < 1.29 is 4.74 Å². The van der Waals surface area contributed by atoms with Gasteiger partial charge in [-0.2, -0.15) is 0 Å². The molecule has 0 aliphatic heterocycles. The van der Waals surface area contributed by atoms with E-state index in [1.807, 2.05) is 25.2 Å². The highest BCUT2D eigenvalue weighted by molar-refractivity contribution is 5.03. The number of rotatable bonds is 4. The Kier molecular flexibility index (Phi) is 6.19. The lowest BCUT2D eigenvalue weighted by atomic mass is 10.3. The zero-order valence-corrected chi connectivity index (χ0v) is 7.00. The summed E-state index contributed by atoms with van der Waals surface area (Å²) in [6.45, 7) is 4.13. The Morgan fingerprint density at radius 2 is 2.10 bits per heavy atom. The van der Waals surface area contributed by atoms with Crippen LogP contribution >= 0.6 is 0 Å². The highest BCUT2D eigenvalue weighted by atomic mass is 16.5. The van der Waals surface area contributed by atoms with Gasteiger partial charge in [0, 0.05) is 7.11 Å². The molecule has 1 heteroatoms. The van der Waals surface area contributed by atoms with Gasteiger partial charge in [-0.25, -0.2) is 0 Å². The van der Waals surface area contributed by atoms with Crippen LogP contribution in [0.2, 0.25) is 0 Å². The summed E-state index contributed by atoms with van der Waals surface area (Å²) < 4.78 is 5.01. The van der Waals surface area contributed by atoms with Crippen molar-refractivity contribution in [2.24, 2.45) is 0 Å². The smallest absolute Gasteiger partial charge is 0.0726 e. The molecule has 1 unspecified atom stereocenters. The maximum absolute atomic E-state index is 5.01. The van der Waals surface area contributed by atoms with Crippen LogP contribution in [-0.4, -0.2) is 13.2 Å². The van der Waals surface area contributed by atoms with Gasteiger partial charge in [-0.3, -0.25) is 0 Å². The fourth-order valence-electron chi connectivity index (χ4n) is 0.514. The highest BCUT2D eigenvalue weighted by Gasteiger charge is 1.86. The molecule has 1 nitrogen and oxygen atoms in total. The van der Waals surface area contributed by atoms with Crippen molar-refractivity contribution in [1.29, 1.82) is 0 Å². The van der Waals surface area contributed by atoms with Gasteiger partial charge in [-0.15, -0.1) is 0 Å². The summed E-state index contributed by atoms with van der Waals surface area (Å²) in [7, 11) is 1.71. The fraction of sp³-hybridized carbons (Fsp3) is 0.556. The van der Waals surface area contributed by atoms with Gasteiger partial charge in [-0.05, 0) is 13.3 Å². The molecule has 0 rings (SSSR count). The van der Waals surface area contributed by atoms with Gasteiger partial charge < -0.3 is 4.74 Å². The molecule has 0 saturated carbocycles. The van der Waals surface area contributed by atoms with Crippen molar-refractivity contribution >= 4 is 0 Å². The fourth-order valence-corrected chi connectivity index (χ4v) is 0.514. The van der Waals surface area contributed by atoms with Crippen LogP contribution in [0.3, 0.4) is 0 Å². The summed E-state index contributed by atoms with van der Waals surface area (Å²) in [6, 6.07) is 0. The molecule has 0 fully saturated rings. The van der Waals surface area contributed by atoms with Crippen molar-refractivity contribution in [3.05, 3.63) is 24.3 Å². The molecule has 0 aromatic heterocycles. The van der Waals surface area contributed by atoms with E-state index in [2.05, 4.69) is 13.0 Å². The largest absolute Gasteiger partial charge is 0.378 e. The van der Waals surface area contributed by atoms with Gasteiger partial charge in [0.05, 0.1) is 6.10 Å². The van der Waals surface area contributed by atoms with Crippen LogP contribution in [0.4, 0.5) is 0 Å². The van der Waals surface area contributed by atoms with Crippen molar-refractivity contribution in [3.8, 4) is 0 Å². The van der Waals surface area contributed by atoms with Crippen molar-refractivity contribution in [2.75, 3.05) is 7.11 Å². The van der Waals surface area contributed by atoms with E-state index in [1.165, 1.54) is 0 Å². The lowest BCUT2D eigenvalue weighted by molar-refractivity contribution is 0.156.